The zero-order chi connectivity index (χ0) is 15.3. The van der Waals surface area contributed by atoms with Crippen LogP contribution in [-0.2, 0) is 14.8 Å². The number of carboxylic acid groups (broad SMARTS) is 1. The second-order valence-electron chi connectivity index (χ2n) is 4.23. The van der Waals surface area contributed by atoms with Crippen LogP contribution < -0.4 is 4.72 Å². The third-order valence-electron chi connectivity index (χ3n) is 2.64. The third kappa shape index (κ3) is 4.53. The minimum absolute atomic E-state index is 0.000748. The fourth-order valence-electron chi connectivity index (χ4n) is 1.54. The molecule has 0 spiro atoms. The number of benzene rings is 1. The van der Waals surface area contributed by atoms with Crippen molar-refractivity contribution in [2.45, 2.75) is 37.1 Å². The van der Waals surface area contributed by atoms with Crippen LogP contribution in [0.3, 0.4) is 0 Å². The zero-order valence-electron chi connectivity index (χ0n) is 10.8. The van der Waals surface area contributed by atoms with E-state index in [-0.39, 0.29) is 15.8 Å². The van der Waals surface area contributed by atoms with Gasteiger partial charge in [0.25, 0.3) is 0 Å². The number of sulfonamides is 1. The number of carbonyl (C=O) groups is 1. The summed E-state index contributed by atoms with van der Waals surface area (Å²) in [5.41, 5.74) is 0. The molecule has 112 valence electrons. The standard InChI is InChI=1S/C12H15BrFNO4S/c1-2-3-4-11(12(16)17)15-20(18,19)8-5-6-10(14)9(13)7-8/h5-7,11,15H,2-4H2,1H3,(H,16,17). The maximum absolute atomic E-state index is 13.1. The summed E-state index contributed by atoms with van der Waals surface area (Å²) in [4.78, 5) is 10.9. The zero-order valence-corrected chi connectivity index (χ0v) is 13.2. The SMILES string of the molecule is CCCCC(NS(=O)(=O)c1ccc(F)c(Br)c1)C(=O)O. The van der Waals surface area contributed by atoms with Crippen molar-refractivity contribution < 1.29 is 22.7 Å². The van der Waals surface area contributed by atoms with E-state index in [4.69, 9.17) is 5.11 Å². The van der Waals surface area contributed by atoms with Crippen molar-refractivity contribution in [1.82, 2.24) is 4.72 Å². The van der Waals surface area contributed by atoms with Crippen molar-refractivity contribution in [2.75, 3.05) is 0 Å². The van der Waals surface area contributed by atoms with Crippen molar-refractivity contribution in [3.05, 3.63) is 28.5 Å². The van der Waals surface area contributed by atoms with Crippen molar-refractivity contribution in [3.8, 4) is 0 Å². The van der Waals surface area contributed by atoms with Crippen molar-refractivity contribution in [2.24, 2.45) is 0 Å². The molecule has 1 atom stereocenters. The lowest BCUT2D eigenvalue weighted by atomic mass is 10.1. The Bertz CT molecular complexity index is 591. The van der Waals surface area contributed by atoms with E-state index < -0.39 is 27.9 Å². The molecule has 0 bridgehead atoms. The fraction of sp³-hybridized carbons (Fsp3) is 0.417. The first-order chi connectivity index (χ1) is 9.27. The third-order valence-corrected chi connectivity index (χ3v) is 4.72. The molecule has 0 radical (unpaired) electrons. The quantitative estimate of drug-likeness (QED) is 0.775. The van der Waals surface area contributed by atoms with Gasteiger partial charge < -0.3 is 5.11 Å². The van der Waals surface area contributed by atoms with E-state index in [1.54, 1.807) is 0 Å². The number of rotatable bonds is 7. The van der Waals surface area contributed by atoms with Gasteiger partial charge in [-0.25, -0.2) is 12.8 Å². The summed E-state index contributed by atoms with van der Waals surface area (Å²) >= 11 is 2.89. The van der Waals surface area contributed by atoms with E-state index in [0.29, 0.717) is 6.42 Å². The van der Waals surface area contributed by atoms with E-state index in [1.807, 2.05) is 6.92 Å². The summed E-state index contributed by atoms with van der Waals surface area (Å²) in [5.74, 6) is -1.83. The molecule has 0 amide bonds. The Hall–Kier alpha value is -0.990. The minimum Gasteiger partial charge on any atom is -0.480 e. The summed E-state index contributed by atoms with van der Waals surface area (Å²) in [6.07, 6.45) is 1.55. The summed E-state index contributed by atoms with van der Waals surface area (Å²) in [7, 11) is -4.00. The molecule has 0 aromatic heterocycles. The van der Waals surface area contributed by atoms with Crippen LogP contribution in [0.25, 0.3) is 0 Å². The molecule has 1 aromatic rings. The molecular formula is C12H15BrFNO4S. The van der Waals surface area contributed by atoms with E-state index >= 15 is 0 Å². The number of unbranched alkanes of at least 4 members (excludes halogenated alkanes) is 1. The lowest BCUT2D eigenvalue weighted by Gasteiger charge is -2.14. The monoisotopic (exact) mass is 367 g/mol. The Morgan fingerprint density at radius 2 is 2.15 bits per heavy atom. The smallest absolute Gasteiger partial charge is 0.321 e. The summed E-state index contributed by atoms with van der Waals surface area (Å²) in [5, 5.41) is 9.01. The minimum atomic E-state index is -4.00. The summed E-state index contributed by atoms with van der Waals surface area (Å²) in [6.45, 7) is 1.88. The highest BCUT2D eigenvalue weighted by molar-refractivity contribution is 9.10. The van der Waals surface area contributed by atoms with Gasteiger partial charge in [-0.05, 0) is 40.5 Å². The molecule has 0 saturated heterocycles. The molecule has 20 heavy (non-hydrogen) atoms. The molecule has 1 unspecified atom stereocenters. The fourth-order valence-corrected chi connectivity index (χ4v) is 3.32. The molecule has 1 aromatic carbocycles. The summed E-state index contributed by atoms with van der Waals surface area (Å²) < 4.78 is 39.3. The highest BCUT2D eigenvalue weighted by Crippen LogP contribution is 2.20. The average molecular weight is 368 g/mol. The first kappa shape index (κ1) is 17.1. The summed E-state index contributed by atoms with van der Waals surface area (Å²) in [6, 6.07) is 1.99. The predicted molar refractivity (Wildman–Crippen MR) is 75.4 cm³/mol. The topological polar surface area (TPSA) is 83.5 Å². The number of halogens is 2. The van der Waals surface area contributed by atoms with E-state index in [0.717, 1.165) is 24.6 Å². The van der Waals surface area contributed by atoms with Crippen molar-refractivity contribution in [1.29, 1.82) is 0 Å². The van der Waals surface area contributed by atoms with Gasteiger partial charge in [0, 0.05) is 0 Å². The van der Waals surface area contributed by atoms with Crippen LogP contribution >= 0.6 is 15.9 Å². The first-order valence-electron chi connectivity index (χ1n) is 5.98. The van der Waals surface area contributed by atoms with Crippen LogP contribution in [0, 0.1) is 5.82 Å². The van der Waals surface area contributed by atoms with E-state index in [9.17, 15) is 17.6 Å². The number of hydrogen-bond donors (Lipinski definition) is 2. The molecule has 0 aliphatic rings. The highest BCUT2D eigenvalue weighted by atomic mass is 79.9. The van der Waals surface area contributed by atoms with Gasteiger partial charge in [0.15, 0.2) is 0 Å². The van der Waals surface area contributed by atoms with Gasteiger partial charge in [0.05, 0.1) is 9.37 Å². The van der Waals surface area contributed by atoms with Gasteiger partial charge in [-0.15, -0.1) is 0 Å². The molecule has 0 heterocycles. The number of hydrogen-bond acceptors (Lipinski definition) is 3. The number of aliphatic carboxylic acids is 1. The second-order valence-corrected chi connectivity index (χ2v) is 6.80. The molecule has 0 saturated carbocycles. The Balaban J connectivity index is 2.97. The number of carboxylic acids is 1. The molecule has 5 nitrogen and oxygen atoms in total. The molecule has 2 N–H and O–H groups in total. The Morgan fingerprint density at radius 1 is 1.50 bits per heavy atom. The Morgan fingerprint density at radius 3 is 2.65 bits per heavy atom. The molecule has 1 rings (SSSR count). The van der Waals surface area contributed by atoms with Crippen LogP contribution in [0.2, 0.25) is 0 Å². The van der Waals surface area contributed by atoms with E-state index in [1.165, 1.54) is 0 Å². The maximum atomic E-state index is 13.1. The first-order valence-corrected chi connectivity index (χ1v) is 8.25. The lowest BCUT2D eigenvalue weighted by Crippen LogP contribution is -2.40. The second kappa shape index (κ2) is 7.14. The number of nitrogens with one attached hydrogen (secondary N) is 1. The van der Waals surface area contributed by atoms with Crippen LogP contribution in [-0.4, -0.2) is 25.5 Å². The maximum Gasteiger partial charge on any atom is 0.321 e. The highest BCUT2D eigenvalue weighted by Gasteiger charge is 2.25. The van der Waals surface area contributed by atoms with Crippen LogP contribution in [0.5, 0.6) is 0 Å². The largest absolute Gasteiger partial charge is 0.480 e. The van der Waals surface area contributed by atoms with Crippen LogP contribution in [0.4, 0.5) is 4.39 Å². The van der Waals surface area contributed by atoms with E-state index in [2.05, 4.69) is 20.7 Å². The van der Waals surface area contributed by atoms with Gasteiger partial charge in [-0.3, -0.25) is 4.79 Å². The molecular weight excluding hydrogens is 353 g/mol. The van der Waals surface area contributed by atoms with Gasteiger partial charge in [0.1, 0.15) is 11.9 Å². The Labute approximate surface area is 125 Å². The molecule has 0 aliphatic heterocycles. The molecule has 8 heteroatoms. The Kier molecular flexibility index (Phi) is 6.09. The molecule has 0 aliphatic carbocycles. The van der Waals surface area contributed by atoms with Gasteiger partial charge >= 0.3 is 5.97 Å². The lowest BCUT2D eigenvalue weighted by molar-refractivity contribution is -0.139. The van der Waals surface area contributed by atoms with Crippen molar-refractivity contribution >= 4 is 31.9 Å². The average Bonchev–Trinajstić information content (AvgIpc) is 2.37. The van der Waals surface area contributed by atoms with Crippen LogP contribution in [0.15, 0.2) is 27.6 Å². The normalized spacial score (nSPS) is 13.2. The van der Waals surface area contributed by atoms with Crippen molar-refractivity contribution in [3.63, 3.8) is 0 Å². The predicted octanol–water partition coefficient (Wildman–Crippen LogP) is 2.51. The van der Waals surface area contributed by atoms with Gasteiger partial charge in [-0.1, -0.05) is 19.8 Å². The van der Waals surface area contributed by atoms with Gasteiger partial charge in [-0.2, -0.15) is 4.72 Å². The molecule has 0 fully saturated rings. The van der Waals surface area contributed by atoms with Crippen LogP contribution in [0.1, 0.15) is 26.2 Å². The van der Waals surface area contributed by atoms with Gasteiger partial charge in [0.2, 0.25) is 10.0 Å².